The van der Waals surface area contributed by atoms with Crippen molar-refractivity contribution in [3.05, 3.63) is 59.7 Å². The van der Waals surface area contributed by atoms with Gasteiger partial charge < -0.3 is 19.7 Å². The number of nitrogens with zero attached hydrogens (tertiary/aromatic N) is 1. The molecule has 0 aromatic heterocycles. The SMILES string of the molecule is COc1cccc(CN(C(=O)COc2ccc(C(C)C)cc2)[C@H](C)C(=O)NCC(C)C)c1. The molecule has 2 aromatic carbocycles. The average molecular weight is 441 g/mol. The Kier molecular flexibility index (Phi) is 9.57. The van der Waals surface area contributed by atoms with Crippen LogP contribution in [0.5, 0.6) is 11.5 Å². The molecule has 174 valence electrons. The lowest BCUT2D eigenvalue weighted by atomic mass is 10.0. The van der Waals surface area contributed by atoms with E-state index in [0.29, 0.717) is 29.9 Å². The van der Waals surface area contributed by atoms with Gasteiger partial charge in [0.15, 0.2) is 6.61 Å². The minimum absolute atomic E-state index is 0.146. The minimum Gasteiger partial charge on any atom is -0.497 e. The summed E-state index contributed by atoms with van der Waals surface area (Å²) in [5, 5.41) is 2.92. The number of methoxy groups -OCH3 is 1. The predicted molar refractivity (Wildman–Crippen MR) is 127 cm³/mol. The molecule has 2 aromatic rings. The van der Waals surface area contributed by atoms with Gasteiger partial charge in [-0.25, -0.2) is 0 Å². The lowest BCUT2D eigenvalue weighted by Crippen LogP contribution is -2.49. The summed E-state index contributed by atoms with van der Waals surface area (Å²) in [4.78, 5) is 27.4. The minimum atomic E-state index is -0.639. The molecule has 0 unspecified atom stereocenters. The van der Waals surface area contributed by atoms with Gasteiger partial charge in [0.05, 0.1) is 7.11 Å². The first kappa shape index (κ1) is 25.2. The van der Waals surface area contributed by atoms with Gasteiger partial charge in [-0.05, 0) is 54.2 Å². The Morgan fingerprint density at radius 3 is 2.25 bits per heavy atom. The largest absolute Gasteiger partial charge is 0.497 e. The Hall–Kier alpha value is -3.02. The summed E-state index contributed by atoms with van der Waals surface area (Å²) in [6.07, 6.45) is 0. The van der Waals surface area contributed by atoms with Gasteiger partial charge in [0.1, 0.15) is 17.5 Å². The molecule has 0 saturated carbocycles. The highest BCUT2D eigenvalue weighted by molar-refractivity contribution is 5.88. The first-order valence-corrected chi connectivity index (χ1v) is 11.1. The predicted octanol–water partition coefficient (Wildman–Crippen LogP) is 4.39. The molecule has 1 N–H and O–H groups in total. The van der Waals surface area contributed by atoms with Crippen LogP contribution in [0.4, 0.5) is 0 Å². The van der Waals surface area contributed by atoms with E-state index in [4.69, 9.17) is 9.47 Å². The van der Waals surface area contributed by atoms with Gasteiger partial charge in [-0.3, -0.25) is 9.59 Å². The molecule has 6 nitrogen and oxygen atoms in total. The topological polar surface area (TPSA) is 67.9 Å². The van der Waals surface area contributed by atoms with Gasteiger partial charge >= 0.3 is 0 Å². The van der Waals surface area contributed by atoms with Crippen molar-refractivity contribution in [1.82, 2.24) is 10.2 Å². The number of benzene rings is 2. The third-order valence-electron chi connectivity index (χ3n) is 5.25. The number of ether oxygens (including phenoxy) is 2. The Morgan fingerprint density at radius 1 is 0.969 bits per heavy atom. The van der Waals surface area contributed by atoms with Crippen molar-refractivity contribution in [3.8, 4) is 11.5 Å². The summed E-state index contributed by atoms with van der Waals surface area (Å²) < 4.78 is 11.0. The average Bonchev–Trinajstić information content (AvgIpc) is 2.79. The molecule has 0 spiro atoms. The van der Waals surface area contributed by atoms with Gasteiger partial charge in [0, 0.05) is 13.1 Å². The molecule has 2 rings (SSSR count). The molecule has 0 bridgehead atoms. The summed E-state index contributed by atoms with van der Waals surface area (Å²) in [6, 6.07) is 14.6. The van der Waals surface area contributed by atoms with Crippen LogP contribution in [-0.2, 0) is 16.1 Å². The van der Waals surface area contributed by atoms with Crippen molar-refractivity contribution >= 4 is 11.8 Å². The fourth-order valence-electron chi connectivity index (χ4n) is 3.18. The number of amides is 2. The first-order chi connectivity index (χ1) is 15.2. The van der Waals surface area contributed by atoms with E-state index in [1.54, 1.807) is 18.9 Å². The van der Waals surface area contributed by atoms with Gasteiger partial charge in [-0.15, -0.1) is 0 Å². The number of hydrogen-bond donors (Lipinski definition) is 1. The number of carbonyl (C=O) groups is 2. The van der Waals surface area contributed by atoms with Crippen molar-refractivity contribution in [2.75, 3.05) is 20.3 Å². The lowest BCUT2D eigenvalue weighted by molar-refractivity contribution is -0.142. The second-order valence-corrected chi connectivity index (χ2v) is 8.70. The van der Waals surface area contributed by atoms with Crippen molar-refractivity contribution in [3.63, 3.8) is 0 Å². The Balaban J connectivity index is 2.13. The molecule has 32 heavy (non-hydrogen) atoms. The summed E-state index contributed by atoms with van der Waals surface area (Å²) in [7, 11) is 1.60. The van der Waals surface area contributed by atoms with E-state index in [1.807, 2.05) is 62.4 Å². The molecule has 0 aliphatic rings. The fraction of sp³-hybridized carbons (Fsp3) is 0.462. The highest BCUT2D eigenvalue weighted by Gasteiger charge is 2.26. The number of carbonyl (C=O) groups excluding carboxylic acids is 2. The monoisotopic (exact) mass is 440 g/mol. The summed E-state index contributed by atoms with van der Waals surface area (Å²) in [6.45, 7) is 10.7. The summed E-state index contributed by atoms with van der Waals surface area (Å²) in [5.41, 5.74) is 2.08. The maximum absolute atomic E-state index is 13.1. The van der Waals surface area contributed by atoms with E-state index in [0.717, 1.165) is 5.56 Å². The molecule has 0 heterocycles. The molecule has 0 radical (unpaired) electrons. The second-order valence-electron chi connectivity index (χ2n) is 8.70. The van der Waals surface area contributed by atoms with Gasteiger partial charge in [0.25, 0.3) is 5.91 Å². The third kappa shape index (κ3) is 7.59. The lowest BCUT2D eigenvalue weighted by Gasteiger charge is -2.29. The molecule has 1 atom stereocenters. The summed E-state index contributed by atoms with van der Waals surface area (Å²) in [5.74, 6) is 1.64. The molecule has 0 aliphatic carbocycles. The van der Waals surface area contributed by atoms with E-state index in [2.05, 4.69) is 19.2 Å². The highest BCUT2D eigenvalue weighted by Crippen LogP contribution is 2.20. The second kappa shape index (κ2) is 12.1. The van der Waals surface area contributed by atoms with Gasteiger partial charge in [0.2, 0.25) is 5.91 Å². The van der Waals surface area contributed by atoms with Gasteiger partial charge in [-0.2, -0.15) is 0 Å². The van der Waals surface area contributed by atoms with Crippen LogP contribution in [0.25, 0.3) is 0 Å². The van der Waals surface area contributed by atoms with Crippen LogP contribution in [0.1, 0.15) is 51.7 Å². The number of rotatable bonds is 11. The van der Waals surface area contributed by atoms with Gasteiger partial charge in [-0.1, -0.05) is 52.0 Å². The van der Waals surface area contributed by atoms with Crippen molar-refractivity contribution in [1.29, 1.82) is 0 Å². The maximum atomic E-state index is 13.1. The molecule has 0 fully saturated rings. The zero-order chi connectivity index (χ0) is 23.7. The number of nitrogens with one attached hydrogen (secondary N) is 1. The third-order valence-corrected chi connectivity index (χ3v) is 5.25. The Morgan fingerprint density at radius 2 is 1.66 bits per heavy atom. The van der Waals surface area contributed by atoms with Crippen molar-refractivity contribution < 1.29 is 19.1 Å². The van der Waals surface area contributed by atoms with Crippen LogP contribution in [0.15, 0.2) is 48.5 Å². The Labute approximate surface area is 191 Å². The van der Waals surface area contributed by atoms with Crippen molar-refractivity contribution in [2.45, 2.75) is 53.1 Å². The molecular weight excluding hydrogens is 404 g/mol. The van der Waals surface area contributed by atoms with Crippen molar-refractivity contribution in [2.24, 2.45) is 5.92 Å². The fourth-order valence-corrected chi connectivity index (χ4v) is 3.18. The van der Waals surface area contributed by atoms with E-state index in [-0.39, 0.29) is 25.0 Å². The normalized spacial score (nSPS) is 11.9. The Bertz CT molecular complexity index is 878. The summed E-state index contributed by atoms with van der Waals surface area (Å²) >= 11 is 0. The molecule has 0 saturated heterocycles. The van der Waals surface area contributed by atoms with E-state index < -0.39 is 6.04 Å². The molecule has 0 aliphatic heterocycles. The van der Waals surface area contributed by atoms with E-state index in [9.17, 15) is 9.59 Å². The number of hydrogen-bond acceptors (Lipinski definition) is 4. The van der Waals surface area contributed by atoms with Crippen LogP contribution in [-0.4, -0.2) is 43.0 Å². The van der Waals surface area contributed by atoms with Crippen LogP contribution in [0.3, 0.4) is 0 Å². The highest BCUT2D eigenvalue weighted by atomic mass is 16.5. The van der Waals surface area contributed by atoms with Crippen LogP contribution >= 0.6 is 0 Å². The quantitative estimate of drug-likeness (QED) is 0.563. The molecular formula is C26H36N2O4. The smallest absolute Gasteiger partial charge is 0.261 e. The first-order valence-electron chi connectivity index (χ1n) is 11.1. The molecule has 6 heteroatoms. The zero-order valence-corrected chi connectivity index (χ0v) is 20.1. The van der Waals surface area contributed by atoms with Crippen LogP contribution in [0.2, 0.25) is 0 Å². The van der Waals surface area contributed by atoms with E-state index >= 15 is 0 Å². The zero-order valence-electron chi connectivity index (χ0n) is 20.1. The molecule has 2 amide bonds. The maximum Gasteiger partial charge on any atom is 0.261 e. The van der Waals surface area contributed by atoms with Crippen LogP contribution < -0.4 is 14.8 Å². The van der Waals surface area contributed by atoms with Crippen LogP contribution in [0, 0.1) is 5.92 Å². The standard InChI is InChI=1S/C26H36N2O4/c1-18(2)15-27-26(30)20(5)28(16-21-8-7-9-24(14-21)31-6)25(29)17-32-23-12-10-22(11-13-23)19(3)4/h7-14,18-20H,15-17H2,1-6H3,(H,27,30)/t20-/m1/s1. The van der Waals surface area contributed by atoms with E-state index in [1.165, 1.54) is 5.56 Å².